The van der Waals surface area contributed by atoms with Crippen molar-refractivity contribution in [2.24, 2.45) is 5.73 Å². The Morgan fingerprint density at radius 3 is 2.60 bits per heavy atom. The number of aliphatic hydroxyl groups excluding tert-OH is 1. The Bertz CT molecular complexity index is 201. The predicted octanol–water partition coefficient (Wildman–Crippen LogP) is 0.533. The van der Waals surface area contributed by atoms with E-state index >= 15 is 0 Å². The molecule has 4 N–H and O–H groups in total. The van der Waals surface area contributed by atoms with Crippen LogP contribution in [-0.2, 0) is 4.79 Å². The van der Waals surface area contributed by atoms with Crippen LogP contribution in [0.5, 0.6) is 0 Å². The minimum atomic E-state index is -0.373. The Hall–Kier alpha value is -0.610. The average molecular weight is 214 g/mol. The first kappa shape index (κ1) is 12.5. The van der Waals surface area contributed by atoms with Gasteiger partial charge in [0.15, 0.2) is 0 Å². The molecule has 1 rings (SSSR count). The number of aliphatic hydroxyl groups is 1. The third kappa shape index (κ3) is 4.18. The molecule has 1 unspecified atom stereocenters. The molecule has 0 aromatic heterocycles. The summed E-state index contributed by atoms with van der Waals surface area (Å²) in [5, 5.41) is 12.3. The molecule has 1 atom stereocenters. The molecule has 0 aromatic rings. The molecule has 0 aliphatic heterocycles. The van der Waals surface area contributed by atoms with Crippen molar-refractivity contribution in [3.05, 3.63) is 0 Å². The molecule has 0 saturated heterocycles. The van der Waals surface area contributed by atoms with Gasteiger partial charge in [0.1, 0.15) is 0 Å². The lowest BCUT2D eigenvalue weighted by Crippen LogP contribution is -2.46. The Morgan fingerprint density at radius 2 is 2.07 bits per heavy atom. The molecule has 0 bridgehead atoms. The SMILES string of the molecule is CCCC(N)C(=O)NC1CCC(O)CC1. The highest BCUT2D eigenvalue weighted by molar-refractivity contribution is 5.81. The summed E-state index contributed by atoms with van der Waals surface area (Å²) in [6.45, 7) is 2.02. The Labute approximate surface area is 91.2 Å². The van der Waals surface area contributed by atoms with E-state index in [0.717, 1.165) is 38.5 Å². The third-order valence-corrected chi connectivity index (χ3v) is 2.98. The van der Waals surface area contributed by atoms with E-state index < -0.39 is 0 Å². The second-order valence-corrected chi connectivity index (χ2v) is 4.41. The monoisotopic (exact) mass is 214 g/mol. The van der Waals surface area contributed by atoms with Crippen LogP contribution in [-0.4, -0.2) is 29.2 Å². The van der Waals surface area contributed by atoms with Gasteiger partial charge < -0.3 is 16.2 Å². The molecule has 0 radical (unpaired) electrons. The minimum absolute atomic E-state index is 0.0433. The molecular weight excluding hydrogens is 192 g/mol. The lowest BCUT2D eigenvalue weighted by molar-refractivity contribution is -0.123. The molecule has 15 heavy (non-hydrogen) atoms. The fourth-order valence-electron chi connectivity index (χ4n) is 1.97. The van der Waals surface area contributed by atoms with Gasteiger partial charge in [-0.05, 0) is 32.1 Å². The summed E-state index contributed by atoms with van der Waals surface area (Å²) in [6, 6.07) is -0.161. The van der Waals surface area contributed by atoms with Crippen molar-refractivity contribution in [3.63, 3.8) is 0 Å². The standard InChI is InChI=1S/C11H22N2O2/c1-2-3-10(12)11(15)13-8-4-6-9(14)7-5-8/h8-10,14H,2-7,12H2,1H3,(H,13,15). The van der Waals surface area contributed by atoms with Crippen LogP contribution >= 0.6 is 0 Å². The second-order valence-electron chi connectivity index (χ2n) is 4.41. The number of amides is 1. The van der Waals surface area contributed by atoms with Crippen LogP contribution in [0.1, 0.15) is 45.4 Å². The minimum Gasteiger partial charge on any atom is -0.393 e. The zero-order valence-corrected chi connectivity index (χ0v) is 9.41. The van der Waals surface area contributed by atoms with E-state index in [-0.39, 0.29) is 24.1 Å². The van der Waals surface area contributed by atoms with Gasteiger partial charge in [0.05, 0.1) is 12.1 Å². The van der Waals surface area contributed by atoms with E-state index in [4.69, 9.17) is 5.73 Å². The van der Waals surface area contributed by atoms with Gasteiger partial charge in [0, 0.05) is 6.04 Å². The number of rotatable bonds is 4. The summed E-state index contributed by atoms with van der Waals surface area (Å²) >= 11 is 0. The topological polar surface area (TPSA) is 75.4 Å². The van der Waals surface area contributed by atoms with Crippen LogP contribution in [0.2, 0.25) is 0 Å². The first-order chi connectivity index (χ1) is 7.13. The first-order valence-electron chi connectivity index (χ1n) is 5.87. The number of carbonyl (C=O) groups excluding carboxylic acids is 1. The van der Waals surface area contributed by atoms with Crippen molar-refractivity contribution < 1.29 is 9.90 Å². The Balaban J connectivity index is 2.25. The third-order valence-electron chi connectivity index (χ3n) is 2.98. The van der Waals surface area contributed by atoms with E-state index in [1.807, 2.05) is 6.92 Å². The molecular formula is C11H22N2O2. The molecule has 1 aliphatic rings. The van der Waals surface area contributed by atoms with Crippen LogP contribution in [0.4, 0.5) is 0 Å². The summed E-state index contributed by atoms with van der Waals surface area (Å²) < 4.78 is 0. The molecule has 1 fully saturated rings. The first-order valence-corrected chi connectivity index (χ1v) is 5.87. The van der Waals surface area contributed by atoms with E-state index in [1.165, 1.54) is 0 Å². The zero-order valence-electron chi connectivity index (χ0n) is 9.41. The highest BCUT2D eigenvalue weighted by Gasteiger charge is 2.22. The molecule has 0 aromatic carbocycles. The number of hydrogen-bond acceptors (Lipinski definition) is 3. The van der Waals surface area contributed by atoms with Gasteiger partial charge >= 0.3 is 0 Å². The van der Waals surface area contributed by atoms with Crippen molar-refractivity contribution in [2.45, 2.75) is 63.6 Å². The highest BCUT2D eigenvalue weighted by atomic mass is 16.3. The quantitative estimate of drug-likeness (QED) is 0.639. The van der Waals surface area contributed by atoms with Crippen molar-refractivity contribution in [1.82, 2.24) is 5.32 Å². The fourth-order valence-corrected chi connectivity index (χ4v) is 1.97. The largest absolute Gasteiger partial charge is 0.393 e. The van der Waals surface area contributed by atoms with Crippen LogP contribution in [0.25, 0.3) is 0 Å². The van der Waals surface area contributed by atoms with Gasteiger partial charge in [-0.1, -0.05) is 13.3 Å². The van der Waals surface area contributed by atoms with Crippen molar-refractivity contribution in [1.29, 1.82) is 0 Å². The maximum atomic E-state index is 11.6. The number of nitrogens with two attached hydrogens (primary N) is 1. The number of carbonyl (C=O) groups is 1. The van der Waals surface area contributed by atoms with E-state index in [9.17, 15) is 9.90 Å². The predicted molar refractivity (Wildman–Crippen MR) is 59.3 cm³/mol. The molecule has 4 nitrogen and oxygen atoms in total. The normalized spacial score (nSPS) is 28.5. The lowest BCUT2D eigenvalue weighted by atomic mass is 9.93. The van der Waals surface area contributed by atoms with Gasteiger partial charge in [0.25, 0.3) is 0 Å². The van der Waals surface area contributed by atoms with Gasteiger partial charge in [-0.25, -0.2) is 0 Å². The molecule has 1 saturated carbocycles. The zero-order chi connectivity index (χ0) is 11.3. The lowest BCUT2D eigenvalue weighted by Gasteiger charge is -2.27. The summed E-state index contributed by atoms with van der Waals surface area (Å²) in [4.78, 5) is 11.6. The van der Waals surface area contributed by atoms with E-state index in [1.54, 1.807) is 0 Å². The van der Waals surface area contributed by atoms with Crippen molar-refractivity contribution in [2.75, 3.05) is 0 Å². The summed E-state index contributed by atoms with van der Waals surface area (Å²) in [7, 11) is 0. The molecule has 88 valence electrons. The van der Waals surface area contributed by atoms with Crippen LogP contribution in [0.15, 0.2) is 0 Å². The Morgan fingerprint density at radius 1 is 1.47 bits per heavy atom. The summed E-state index contributed by atoms with van der Waals surface area (Å²) in [6.07, 6.45) is 4.79. The maximum Gasteiger partial charge on any atom is 0.237 e. The molecule has 1 amide bonds. The van der Waals surface area contributed by atoms with Crippen molar-refractivity contribution in [3.8, 4) is 0 Å². The van der Waals surface area contributed by atoms with E-state index in [0.29, 0.717) is 0 Å². The smallest absolute Gasteiger partial charge is 0.237 e. The van der Waals surface area contributed by atoms with Crippen LogP contribution < -0.4 is 11.1 Å². The summed E-state index contributed by atoms with van der Waals surface area (Å²) in [5.74, 6) is -0.0433. The fraction of sp³-hybridized carbons (Fsp3) is 0.909. The van der Waals surface area contributed by atoms with Crippen LogP contribution in [0, 0.1) is 0 Å². The van der Waals surface area contributed by atoms with Crippen molar-refractivity contribution >= 4 is 5.91 Å². The van der Waals surface area contributed by atoms with Gasteiger partial charge in [-0.3, -0.25) is 4.79 Å². The van der Waals surface area contributed by atoms with E-state index in [2.05, 4.69) is 5.32 Å². The second kappa shape index (κ2) is 6.08. The van der Waals surface area contributed by atoms with Gasteiger partial charge in [-0.15, -0.1) is 0 Å². The van der Waals surface area contributed by atoms with Crippen LogP contribution in [0.3, 0.4) is 0 Å². The number of hydrogen-bond donors (Lipinski definition) is 3. The van der Waals surface area contributed by atoms with Gasteiger partial charge in [0.2, 0.25) is 5.91 Å². The Kier molecular flexibility index (Phi) is 5.05. The molecule has 4 heteroatoms. The molecule has 0 heterocycles. The summed E-state index contributed by atoms with van der Waals surface area (Å²) in [5.41, 5.74) is 5.71. The highest BCUT2D eigenvalue weighted by Crippen LogP contribution is 2.18. The number of nitrogens with one attached hydrogen (secondary N) is 1. The maximum absolute atomic E-state index is 11.6. The van der Waals surface area contributed by atoms with Gasteiger partial charge in [-0.2, -0.15) is 0 Å². The average Bonchev–Trinajstić information content (AvgIpc) is 2.22. The molecule has 1 aliphatic carbocycles. The molecule has 0 spiro atoms.